The van der Waals surface area contributed by atoms with E-state index in [9.17, 15) is 19.5 Å². The number of carboxylic acids is 1. The third-order valence-corrected chi connectivity index (χ3v) is 7.87. The van der Waals surface area contributed by atoms with Crippen molar-refractivity contribution in [2.45, 2.75) is 90.9 Å². The van der Waals surface area contributed by atoms with Crippen molar-refractivity contribution in [3.63, 3.8) is 0 Å². The molecule has 4 unspecified atom stereocenters. The van der Waals surface area contributed by atoms with Gasteiger partial charge in [0.05, 0.1) is 6.04 Å². The van der Waals surface area contributed by atoms with Crippen molar-refractivity contribution in [1.82, 2.24) is 20.4 Å². The molecule has 2 amide bonds. The number of rotatable bonds is 11. The monoisotopic (exact) mass is 516 g/mol. The van der Waals surface area contributed by atoms with Crippen LogP contribution in [0.1, 0.15) is 66.9 Å². The molecule has 0 aliphatic carbocycles. The molecule has 1 aliphatic rings. The molecule has 4 atom stereocenters. The molecule has 1 aromatic carbocycles. The average Bonchev–Trinajstić information content (AvgIpc) is 3.29. The largest absolute Gasteiger partial charge is 0.480 e. The van der Waals surface area contributed by atoms with Gasteiger partial charge in [0.15, 0.2) is 0 Å². The van der Waals surface area contributed by atoms with Crippen molar-refractivity contribution < 1.29 is 19.5 Å². The van der Waals surface area contributed by atoms with Gasteiger partial charge in [0.1, 0.15) is 12.1 Å². The van der Waals surface area contributed by atoms with Crippen LogP contribution in [0.3, 0.4) is 0 Å². The smallest absolute Gasteiger partial charge is 0.320 e. The Bertz CT molecular complexity index is 926. The fraction of sp³-hybridized carbons (Fsp3) is 0.690. The maximum Gasteiger partial charge on any atom is 0.320 e. The number of nitrogens with one attached hydrogen (secondary N) is 2. The number of carbonyl (C=O) groups excluding carboxylic acids is 2. The van der Waals surface area contributed by atoms with Gasteiger partial charge >= 0.3 is 5.97 Å². The van der Waals surface area contributed by atoms with Gasteiger partial charge in [0.2, 0.25) is 11.8 Å². The van der Waals surface area contributed by atoms with E-state index in [1.807, 2.05) is 83.7 Å². The zero-order valence-corrected chi connectivity index (χ0v) is 24.2. The number of nitrogens with zero attached hydrogens (tertiary/aromatic N) is 2. The Morgan fingerprint density at radius 2 is 1.68 bits per heavy atom. The molecule has 1 heterocycles. The highest BCUT2D eigenvalue weighted by Crippen LogP contribution is 2.29. The summed E-state index contributed by atoms with van der Waals surface area (Å²) in [6.45, 7) is 15.2. The summed E-state index contributed by atoms with van der Waals surface area (Å²) in [4.78, 5) is 43.0. The van der Waals surface area contributed by atoms with Crippen LogP contribution in [0.2, 0.25) is 0 Å². The lowest BCUT2D eigenvalue weighted by Crippen LogP contribution is -2.62. The second-order valence-electron chi connectivity index (χ2n) is 12.4. The van der Waals surface area contributed by atoms with Gasteiger partial charge in [0.25, 0.3) is 0 Å². The van der Waals surface area contributed by atoms with E-state index in [1.54, 1.807) is 19.0 Å². The van der Waals surface area contributed by atoms with E-state index >= 15 is 0 Å². The normalized spacial score (nSPS) is 19.4. The van der Waals surface area contributed by atoms with Crippen LogP contribution in [0.5, 0.6) is 0 Å². The van der Waals surface area contributed by atoms with Gasteiger partial charge in [0, 0.05) is 25.0 Å². The highest BCUT2D eigenvalue weighted by molar-refractivity contribution is 5.91. The second kappa shape index (κ2) is 12.4. The van der Waals surface area contributed by atoms with Gasteiger partial charge in [-0.25, -0.2) is 0 Å². The summed E-state index contributed by atoms with van der Waals surface area (Å²) in [7, 11) is 3.53. The first-order chi connectivity index (χ1) is 17.1. The Hall–Kier alpha value is -2.45. The lowest BCUT2D eigenvalue weighted by molar-refractivity contribution is -0.144. The topological polar surface area (TPSA) is 102 Å². The Kier molecular flexibility index (Phi) is 10.3. The molecule has 1 fully saturated rings. The molecule has 0 saturated carbocycles. The molecule has 208 valence electrons. The van der Waals surface area contributed by atoms with Crippen molar-refractivity contribution in [2.75, 3.05) is 27.2 Å². The van der Waals surface area contributed by atoms with Crippen LogP contribution in [0.4, 0.5) is 0 Å². The first-order valence-electron chi connectivity index (χ1n) is 13.4. The summed E-state index contributed by atoms with van der Waals surface area (Å²) in [6, 6.07) is 7.88. The van der Waals surface area contributed by atoms with Crippen LogP contribution < -0.4 is 10.6 Å². The predicted molar refractivity (Wildman–Crippen MR) is 147 cm³/mol. The fourth-order valence-electron chi connectivity index (χ4n) is 5.44. The van der Waals surface area contributed by atoms with E-state index < -0.39 is 34.9 Å². The third kappa shape index (κ3) is 7.32. The molecule has 2 rings (SSSR count). The number of carboxylic acid groups (broad SMARTS) is 1. The maximum absolute atomic E-state index is 13.9. The number of likely N-dealkylation sites (N-methyl/N-ethyl adjacent to an activating group) is 2. The number of carbonyl (C=O) groups is 3. The number of hydrogen-bond acceptors (Lipinski definition) is 5. The van der Waals surface area contributed by atoms with E-state index in [4.69, 9.17) is 0 Å². The highest BCUT2D eigenvalue weighted by atomic mass is 16.4. The van der Waals surface area contributed by atoms with Gasteiger partial charge in [-0.2, -0.15) is 0 Å². The lowest BCUT2D eigenvalue weighted by Gasteiger charge is -2.41. The van der Waals surface area contributed by atoms with Crippen LogP contribution in [-0.2, 0) is 19.8 Å². The summed E-state index contributed by atoms with van der Waals surface area (Å²) >= 11 is 0. The molecule has 1 saturated heterocycles. The van der Waals surface area contributed by atoms with Gasteiger partial charge in [-0.3, -0.25) is 19.3 Å². The average molecular weight is 517 g/mol. The van der Waals surface area contributed by atoms with Crippen LogP contribution in [0, 0.1) is 11.3 Å². The first kappa shape index (κ1) is 30.8. The Morgan fingerprint density at radius 1 is 1.08 bits per heavy atom. The quantitative estimate of drug-likeness (QED) is 0.418. The summed E-state index contributed by atoms with van der Waals surface area (Å²) in [5, 5.41) is 15.9. The summed E-state index contributed by atoms with van der Waals surface area (Å²) in [5.74, 6) is -1.10. The fourth-order valence-corrected chi connectivity index (χ4v) is 5.44. The van der Waals surface area contributed by atoms with Crippen LogP contribution in [0.15, 0.2) is 30.3 Å². The summed E-state index contributed by atoms with van der Waals surface area (Å²) in [6.07, 6.45) is 1.46. The van der Waals surface area contributed by atoms with Gasteiger partial charge in [-0.15, -0.1) is 0 Å². The highest BCUT2D eigenvalue weighted by Gasteiger charge is 2.42. The maximum atomic E-state index is 13.9. The minimum atomic E-state index is -0.812. The zero-order valence-electron chi connectivity index (χ0n) is 24.2. The molecule has 1 aromatic rings. The minimum Gasteiger partial charge on any atom is -0.480 e. The molecule has 0 spiro atoms. The standard InChI is InChI=1S/C29H48N4O4/c1-19(2)22(18-33-17-13-16-21(33)27(36)37)32(9)26(35)24(28(3,4)5)31-25(34)23(30-8)29(6,7)20-14-11-10-12-15-20/h10-12,14-15,19,21-24,30H,13,16-18H2,1-9H3,(H,31,34)(H,36,37). The summed E-state index contributed by atoms with van der Waals surface area (Å²) in [5.41, 5.74) is -0.0205. The van der Waals surface area contributed by atoms with Crippen molar-refractivity contribution in [3.05, 3.63) is 35.9 Å². The third-order valence-electron chi connectivity index (χ3n) is 7.87. The molecule has 8 nitrogen and oxygen atoms in total. The van der Waals surface area contributed by atoms with Crippen LogP contribution in [0.25, 0.3) is 0 Å². The molecule has 37 heavy (non-hydrogen) atoms. The second-order valence-corrected chi connectivity index (χ2v) is 12.4. The minimum absolute atomic E-state index is 0.113. The summed E-state index contributed by atoms with van der Waals surface area (Å²) < 4.78 is 0. The Morgan fingerprint density at radius 3 is 2.16 bits per heavy atom. The van der Waals surface area contributed by atoms with Gasteiger partial charge < -0.3 is 20.6 Å². The van der Waals surface area contributed by atoms with Crippen LogP contribution in [-0.4, -0.2) is 84.0 Å². The predicted octanol–water partition coefficient (Wildman–Crippen LogP) is 3.12. The molecule has 0 radical (unpaired) electrons. The number of benzene rings is 1. The van der Waals surface area contributed by atoms with Gasteiger partial charge in [-0.1, -0.05) is 78.8 Å². The van der Waals surface area contributed by atoms with E-state index in [2.05, 4.69) is 10.6 Å². The Balaban J connectivity index is 2.28. The van der Waals surface area contributed by atoms with E-state index in [0.717, 1.165) is 12.0 Å². The number of hydrogen-bond donors (Lipinski definition) is 3. The number of aliphatic carboxylic acids is 1. The molecule has 8 heteroatoms. The number of likely N-dealkylation sites (tertiary alicyclic amines) is 1. The molecule has 0 bridgehead atoms. The lowest BCUT2D eigenvalue weighted by atomic mass is 9.76. The van der Waals surface area contributed by atoms with E-state index in [0.29, 0.717) is 19.5 Å². The van der Waals surface area contributed by atoms with E-state index in [-0.39, 0.29) is 23.8 Å². The van der Waals surface area contributed by atoms with Gasteiger partial charge in [-0.05, 0) is 43.3 Å². The van der Waals surface area contributed by atoms with Crippen molar-refractivity contribution in [1.29, 1.82) is 0 Å². The molecule has 1 aliphatic heterocycles. The molecule has 0 aromatic heterocycles. The Labute approximate surface area is 223 Å². The number of amides is 2. The van der Waals surface area contributed by atoms with Crippen molar-refractivity contribution >= 4 is 17.8 Å². The van der Waals surface area contributed by atoms with E-state index in [1.165, 1.54) is 0 Å². The molecule has 3 N–H and O–H groups in total. The zero-order chi connectivity index (χ0) is 28.1. The SMILES string of the molecule is CNC(C(=O)NC(C(=O)N(C)C(CN1CCCC1C(=O)O)C(C)C)C(C)(C)C)C(C)(C)c1ccccc1. The van der Waals surface area contributed by atoms with Crippen molar-refractivity contribution in [3.8, 4) is 0 Å². The molecular weight excluding hydrogens is 468 g/mol. The van der Waals surface area contributed by atoms with Crippen molar-refractivity contribution in [2.24, 2.45) is 11.3 Å². The van der Waals surface area contributed by atoms with Crippen LogP contribution >= 0.6 is 0 Å². The molecular formula is C29H48N4O4. The first-order valence-corrected chi connectivity index (χ1v) is 13.4.